The van der Waals surface area contributed by atoms with Gasteiger partial charge in [-0.2, -0.15) is 0 Å². The van der Waals surface area contributed by atoms with Crippen LogP contribution >= 0.6 is 0 Å². The third-order valence-electron chi connectivity index (χ3n) is 13.1. The van der Waals surface area contributed by atoms with Crippen molar-refractivity contribution in [2.75, 3.05) is 36.4 Å². The number of nitrogens with one attached hydrogen (secondary N) is 5. The molecule has 76 heavy (non-hydrogen) atoms. The number of benzene rings is 5. The summed E-state index contributed by atoms with van der Waals surface area (Å²) in [5.41, 5.74) is 8.14. The number of hydrogen-bond donors (Lipinski definition) is 7. The third kappa shape index (κ3) is 18.5. The van der Waals surface area contributed by atoms with E-state index in [2.05, 4.69) is 92.4 Å². The summed E-state index contributed by atoms with van der Waals surface area (Å²) in [5.74, 6) is -3.48. The van der Waals surface area contributed by atoms with E-state index in [1.807, 2.05) is 42.5 Å². The van der Waals surface area contributed by atoms with Crippen LogP contribution in [-0.2, 0) is 46.6 Å². The normalized spacial score (nSPS) is 16.8. The molecule has 0 bridgehead atoms. The number of rotatable bonds is 18. The summed E-state index contributed by atoms with van der Waals surface area (Å²) in [5, 5.41) is 37.7. The zero-order chi connectivity index (χ0) is 55.3. The van der Waals surface area contributed by atoms with Crippen molar-refractivity contribution in [1.82, 2.24) is 21.3 Å². The Morgan fingerprint density at radius 1 is 0.618 bits per heavy atom. The number of nitrogens with zero attached hydrogens (tertiary/aromatic N) is 1. The fraction of sp³-hybridized carbons (Fsp3) is 0.450. The van der Waals surface area contributed by atoms with Crippen molar-refractivity contribution in [3.63, 3.8) is 0 Å². The van der Waals surface area contributed by atoms with Crippen LogP contribution in [0.2, 0.25) is 0 Å². The van der Waals surface area contributed by atoms with Crippen molar-refractivity contribution >= 4 is 29.3 Å². The smallest absolute Gasteiger partial charge is 0.414 e. The summed E-state index contributed by atoms with van der Waals surface area (Å²) in [6.07, 6.45) is 0.984. The molecule has 6 atom stereocenters. The van der Waals surface area contributed by atoms with Crippen LogP contribution in [0.4, 0.5) is 33.7 Å². The molecular weight excluding hydrogens is 977 g/mol. The number of carbonyl (C=O) groups is 3. The van der Waals surface area contributed by atoms with Crippen molar-refractivity contribution in [1.29, 1.82) is 0 Å². The highest BCUT2D eigenvalue weighted by Crippen LogP contribution is 2.37. The topological polar surface area (TPSA) is 164 Å². The fourth-order valence-corrected chi connectivity index (χ4v) is 9.95. The minimum absolute atomic E-state index is 0.0507. The van der Waals surface area contributed by atoms with Crippen LogP contribution in [0.1, 0.15) is 119 Å². The Morgan fingerprint density at radius 2 is 1.09 bits per heavy atom. The van der Waals surface area contributed by atoms with Gasteiger partial charge < -0.3 is 41.5 Å². The van der Waals surface area contributed by atoms with Gasteiger partial charge in [-0.1, -0.05) is 96.1 Å². The molecular formula is C60H76F4N6O6. The summed E-state index contributed by atoms with van der Waals surface area (Å²) in [7, 11) is 0. The first kappa shape index (κ1) is 58.9. The van der Waals surface area contributed by atoms with Crippen molar-refractivity contribution in [2.24, 2.45) is 10.8 Å². The van der Waals surface area contributed by atoms with E-state index in [1.165, 1.54) is 49.2 Å². The van der Waals surface area contributed by atoms with Gasteiger partial charge in [0.25, 0.3) is 0 Å². The van der Waals surface area contributed by atoms with Gasteiger partial charge in [-0.3, -0.25) is 14.5 Å². The number of aliphatic hydroxyl groups excluding tert-OH is 2. The molecule has 410 valence electrons. The molecule has 5 aromatic rings. The quantitative estimate of drug-likeness (QED) is 0.0424. The number of carbonyl (C=O) groups excluding carboxylic acids is 3. The molecule has 5 aromatic carbocycles. The third-order valence-corrected chi connectivity index (χ3v) is 13.1. The second-order valence-corrected chi connectivity index (χ2v) is 22.6. The average molecular weight is 1050 g/mol. The maximum atomic E-state index is 13.8. The molecule has 0 aliphatic carbocycles. The molecule has 0 fully saturated rings. The van der Waals surface area contributed by atoms with Crippen LogP contribution in [0.15, 0.2) is 103 Å². The van der Waals surface area contributed by atoms with E-state index < -0.39 is 53.7 Å². The zero-order valence-electron chi connectivity index (χ0n) is 45.0. The van der Waals surface area contributed by atoms with E-state index >= 15 is 0 Å². The molecule has 2 unspecified atom stereocenters. The van der Waals surface area contributed by atoms with Gasteiger partial charge in [-0.25, -0.2) is 22.4 Å². The Balaban J connectivity index is 0.000000255. The van der Waals surface area contributed by atoms with Gasteiger partial charge in [0.05, 0.1) is 30.0 Å². The molecule has 0 aromatic heterocycles. The largest absolute Gasteiger partial charge is 0.444 e. The minimum atomic E-state index is -1.05. The second kappa shape index (κ2) is 26.6. The van der Waals surface area contributed by atoms with Gasteiger partial charge in [-0.15, -0.1) is 0 Å². The Bertz CT molecular complexity index is 2710. The molecule has 3 amide bonds. The van der Waals surface area contributed by atoms with E-state index in [4.69, 9.17) is 4.74 Å². The Morgan fingerprint density at radius 3 is 1.58 bits per heavy atom. The van der Waals surface area contributed by atoms with Gasteiger partial charge >= 0.3 is 6.09 Å². The van der Waals surface area contributed by atoms with Crippen LogP contribution in [0.5, 0.6) is 0 Å². The number of ether oxygens (including phenoxy) is 1. The fourth-order valence-electron chi connectivity index (χ4n) is 9.95. The molecule has 12 nitrogen and oxygen atoms in total. The minimum Gasteiger partial charge on any atom is -0.444 e. The van der Waals surface area contributed by atoms with Crippen LogP contribution in [-0.4, -0.2) is 78.6 Å². The molecule has 16 heteroatoms. The monoisotopic (exact) mass is 1050 g/mol. The summed E-state index contributed by atoms with van der Waals surface area (Å²) in [6.45, 7) is 17.6. The van der Waals surface area contributed by atoms with Gasteiger partial charge in [-0.05, 0) is 125 Å². The summed E-state index contributed by atoms with van der Waals surface area (Å²) < 4.78 is 60.4. The standard InChI is InChI=1S/C34H41F2N3O4.C26H35F2N3O2/c1-22(40)38-30(17-25-14-26(35)18-27(36)15-25)32(41)20-37-29-12-13-39(33(42)43-21-23-8-6-5-7-9-23)31-11-10-24(16-28(29)31)19-34(2,3)4;1-16(32)31-24(12-18-9-19(27)13-20(28)10-18)25(33)15-30-23-7-8-29-22-6-5-17(11-21(22)23)14-26(2,3)4/h5-11,14-16,18,29-30,32,37,41H,12-13,17,19-21H2,1-4H3,(H,38,40);5-6,9-11,13,23-25,29-30,33H,7-8,12,14-15H2,1-4H3,(H,31,32)/t29?,30-,32+;23?,24-,25+/m00/s1. The van der Waals surface area contributed by atoms with Crippen molar-refractivity contribution in [3.8, 4) is 0 Å². The highest BCUT2D eigenvalue weighted by atomic mass is 19.1. The van der Waals surface area contributed by atoms with Crippen LogP contribution < -0.4 is 31.5 Å². The maximum Gasteiger partial charge on any atom is 0.414 e. The molecule has 7 N–H and O–H groups in total. The highest BCUT2D eigenvalue weighted by Gasteiger charge is 2.32. The lowest BCUT2D eigenvalue weighted by Gasteiger charge is -2.36. The van der Waals surface area contributed by atoms with E-state index in [9.17, 15) is 42.2 Å². The van der Waals surface area contributed by atoms with Crippen molar-refractivity contribution < 1.29 is 46.9 Å². The number of amides is 3. The molecule has 2 aliphatic rings. The van der Waals surface area contributed by atoms with Crippen LogP contribution in [0.25, 0.3) is 0 Å². The van der Waals surface area contributed by atoms with E-state index in [1.54, 1.807) is 4.90 Å². The van der Waals surface area contributed by atoms with Gasteiger partial charge in [0.15, 0.2) is 0 Å². The van der Waals surface area contributed by atoms with Gasteiger partial charge in [0.2, 0.25) is 11.8 Å². The summed E-state index contributed by atoms with van der Waals surface area (Å²) in [4.78, 5) is 38.4. The number of hydrogen-bond acceptors (Lipinski definition) is 9. The SMILES string of the molecule is CC(=O)N[C@@H](Cc1cc(F)cc(F)c1)[C@H](O)CNC1CCN(C(=O)OCc2ccccc2)c2ccc(CC(C)(C)C)cc21.CC(=O)N[C@@H](Cc1cc(F)cc(F)c1)[C@H](O)CNC1CCNc2ccc(CC(C)(C)C)cc21. The predicted molar refractivity (Wildman–Crippen MR) is 290 cm³/mol. The number of halogens is 4. The summed E-state index contributed by atoms with van der Waals surface area (Å²) in [6, 6.07) is 26.9. The first-order chi connectivity index (χ1) is 35.9. The zero-order valence-corrected chi connectivity index (χ0v) is 45.0. The van der Waals surface area contributed by atoms with Gasteiger partial charge in [0, 0.05) is 69.9 Å². The maximum absolute atomic E-state index is 13.8. The lowest BCUT2D eigenvalue weighted by molar-refractivity contribution is -0.121. The van der Waals surface area contributed by atoms with Gasteiger partial charge in [0.1, 0.15) is 29.9 Å². The van der Waals surface area contributed by atoms with Crippen molar-refractivity contribution in [2.45, 2.75) is 137 Å². The molecule has 0 spiro atoms. The lowest BCUT2D eigenvalue weighted by Crippen LogP contribution is -2.49. The first-order valence-electron chi connectivity index (χ1n) is 26.1. The predicted octanol–water partition coefficient (Wildman–Crippen LogP) is 9.95. The van der Waals surface area contributed by atoms with E-state index in [0.717, 1.165) is 66.0 Å². The van der Waals surface area contributed by atoms with E-state index in [-0.39, 0.29) is 67.3 Å². The molecule has 0 radical (unpaired) electrons. The molecule has 0 saturated carbocycles. The second-order valence-electron chi connectivity index (χ2n) is 22.6. The lowest BCUT2D eigenvalue weighted by atomic mass is 9.85. The number of fused-ring (bicyclic) bond motifs is 2. The Labute approximate surface area is 445 Å². The molecule has 2 heterocycles. The molecule has 0 saturated heterocycles. The van der Waals surface area contributed by atoms with Crippen LogP contribution in [0, 0.1) is 34.1 Å². The Hall–Kier alpha value is -6.33. The van der Waals surface area contributed by atoms with Crippen molar-refractivity contribution in [3.05, 3.63) is 165 Å². The number of aliphatic hydroxyl groups is 2. The van der Waals surface area contributed by atoms with Crippen LogP contribution in [0.3, 0.4) is 0 Å². The molecule has 7 rings (SSSR count). The number of anilines is 2. The average Bonchev–Trinajstić information content (AvgIpc) is 3.32. The summed E-state index contributed by atoms with van der Waals surface area (Å²) >= 11 is 0. The van der Waals surface area contributed by atoms with E-state index in [0.29, 0.717) is 24.1 Å². The Kier molecular flexibility index (Phi) is 20.6. The highest BCUT2D eigenvalue weighted by molar-refractivity contribution is 5.89. The molecule has 2 aliphatic heterocycles. The first-order valence-corrected chi connectivity index (χ1v) is 26.1.